The van der Waals surface area contributed by atoms with Crippen LogP contribution in [0, 0.1) is 0 Å². The molecule has 1 unspecified atom stereocenters. The third-order valence-corrected chi connectivity index (χ3v) is 3.72. The van der Waals surface area contributed by atoms with Crippen LogP contribution in [0.4, 0.5) is 0 Å². The van der Waals surface area contributed by atoms with Gasteiger partial charge in [0.25, 0.3) is 5.91 Å². The molecule has 0 heterocycles. The van der Waals surface area contributed by atoms with Gasteiger partial charge in [-0.2, -0.15) is 0 Å². The molecule has 0 fully saturated rings. The number of halogens is 1. The maximum Gasteiger partial charge on any atom is 0.251 e. The molecule has 3 N–H and O–H groups in total. The second kappa shape index (κ2) is 8.47. The van der Waals surface area contributed by atoms with Crippen LogP contribution in [0.3, 0.4) is 0 Å². The number of aliphatic hydroxyl groups is 1. The lowest BCUT2D eigenvalue weighted by atomic mass is 10.1. The molecule has 0 aliphatic carbocycles. The average Bonchev–Trinajstić information content (AvgIpc) is 2.58. The van der Waals surface area contributed by atoms with Crippen molar-refractivity contribution in [2.75, 3.05) is 6.54 Å². The number of amides is 2. The Morgan fingerprint density at radius 3 is 2.25 bits per heavy atom. The molecule has 0 aliphatic heterocycles. The lowest BCUT2D eigenvalue weighted by molar-refractivity contribution is -0.119. The molecule has 2 rings (SSSR count). The standard InChI is InChI=1S/C18H19ClN2O3/c1-12(22)20-10-13-2-4-15(5-3-13)18(24)21-11-17(23)14-6-8-16(19)9-7-14/h2-9,17,23H,10-11H2,1H3,(H,20,22)(H,21,24). The van der Waals surface area contributed by atoms with Crippen molar-refractivity contribution in [2.45, 2.75) is 19.6 Å². The summed E-state index contributed by atoms with van der Waals surface area (Å²) in [7, 11) is 0. The number of rotatable bonds is 6. The highest BCUT2D eigenvalue weighted by Crippen LogP contribution is 2.16. The Balaban J connectivity index is 1.87. The monoisotopic (exact) mass is 346 g/mol. The fourth-order valence-corrected chi connectivity index (χ4v) is 2.22. The number of hydrogen-bond acceptors (Lipinski definition) is 3. The Hall–Kier alpha value is -2.37. The molecule has 0 aliphatic rings. The first-order valence-electron chi connectivity index (χ1n) is 7.51. The molecule has 0 spiro atoms. The molecule has 1 atom stereocenters. The summed E-state index contributed by atoms with van der Waals surface area (Å²) in [4.78, 5) is 23.0. The van der Waals surface area contributed by atoms with Gasteiger partial charge in [-0.1, -0.05) is 35.9 Å². The van der Waals surface area contributed by atoms with Gasteiger partial charge in [0.1, 0.15) is 0 Å². The van der Waals surface area contributed by atoms with Gasteiger partial charge in [-0.05, 0) is 35.4 Å². The Morgan fingerprint density at radius 1 is 1.04 bits per heavy atom. The van der Waals surface area contributed by atoms with Crippen molar-refractivity contribution >= 4 is 23.4 Å². The lowest BCUT2D eigenvalue weighted by Gasteiger charge is -2.12. The van der Waals surface area contributed by atoms with E-state index in [-0.39, 0.29) is 18.4 Å². The summed E-state index contributed by atoms with van der Waals surface area (Å²) in [5.74, 6) is -0.373. The molecule has 2 amide bonds. The summed E-state index contributed by atoms with van der Waals surface area (Å²) in [5.41, 5.74) is 2.08. The molecular formula is C18H19ClN2O3. The van der Waals surface area contributed by atoms with Crippen LogP contribution in [0.5, 0.6) is 0 Å². The van der Waals surface area contributed by atoms with Gasteiger partial charge in [-0.15, -0.1) is 0 Å². The van der Waals surface area contributed by atoms with Crippen LogP contribution in [0.25, 0.3) is 0 Å². The van der Waals surface area contributed by atoms with Gasteiger partial charge in [-0.25, -0.2) is 0 Å². The van der Waals surface area contributed by atoms with E-state index in [1.165, 1.54) is 6.92 Å². The normalized spacial score (nSPS) is 11.6. The summed E-state index contributed by atoms with van der Waals surface area (Å²) in [6.45, 7) is 1.98. The number of hydrogen-bond donors (Lipinski definition) is 3. The largest absolute Gasteiger partial charge is 0.387 e. The van der Waals surface area contributed by atoms with Gasteiger partial charge in [0.2, 0.25) is 5.91 Å². The van der Waals surface area contributed by atoms with Crippen molar-refractivity contribution in [3.63, 3.8) is 0 Å². The number of carbonyl (C=O) groups excluding carboxylic acids is 2. The van der Waals surface area contributed by atoms with Crippen molar-refractivity contribution < 1.29 is 14.7 Å². The second-order valence-electron chi connectivity index (χ2n) is 5.38. The highest BCUT2D eigenvalue weighted by atomic mass is 35.5. The smallest absolute Gasteiger partial charge is 0.251 e. The van der Waals surface area contributed by atoms with Gasteiger partial charge < -0.3 is 15.7 Å². The Bertz CT molecular complexity index is 699. The van der Waals surface area contributed by atoms with Crippen molar-refractivity contribution in [1.29, 1.82) is 0 Å². The van der Waals surface area contributed by atoms with Crippen LogP contribution < -0.4 is 10.6 Å². The van der Waals surface area contributed by atoms with Gasteiger partial charge in [-0.3, -0.25) is 9.59 Å². The Labute approximate surface area is 145 Å². The first-order chi connectivity index (χ1) is 11.5. The fourth-order valence-electron chi connectivity index (χ4n) is 2.09. The zero-order valence-corrected chi connectivity index (χ0v) is 14.0. The van der Waals surface area contributed by atoms with E-state index in [0.717, 1.165) is 5.56 Å². The van der Waals surface area contributed by atoms with Crippen molar-refractivity contribution in [2.24, 2.45) is 0 Å². The van der Waals surface area contributed by atoms with Crippen molar-refractivity contribution in [1.82, 2.24) is 10.6 Å². The van der Waals surface area contributed by atoms with Gasteiger partial charge in [0, 0.05) is 30.6 Å². The second-order valence-corrected chi connectivity index (χ2v) is 5.82. The Kier molecular flexibility index (Phi) is 6.35. The molecule has 0 saturated heterocycles. The highest BCUT2D eigenvalue weighted by molar-refractivity contribution is 6.30. The van der Waals surface area contributed by atoms with E-state index < -0.39 is 6.10 Å². The molecule has 126 valence electrons. The van der Waals surface area contributed by atoms with E-state index in [1.54, 1.807) is 48.5 Å². The third-order valence-electron chi connectivity index (χ3n) is 3.47. The average molecular weight is 347 g/mol. The van der Waals surface area contributed by atoms with E-state index in [1.807, 2.05) is 0 Å². The topological polar surface area (TPSA) is 78.4 Å². The van der Waals surface area contributed by atoms with Crippen LogP contribution in [0.2, 0.25) is 5.02 Å². The molecular weight excluding hydrogens is 328 g/mol. The summed E-state index contributed by atoms with van der Waals surface area (Å²) < 4.78 is 0. The summed E-state index contributed by atoms with van der Waals surface area (Å²) in [6, 6.07) is 13.7. The van der Waals surface area contributed by atoms with E-state index >= 15 is 0 Å². The van der Waals surface area contributed by atoms with Crippen molar-refractivity contribution in [3.05, 3.63) is 70.2 Å². The van der Waals surface area contributed by atoms with E-state index in [0.29, 0.717) is 22.7 Å². The predicted molar refractivity (Wildman–Crippen MR) is 92.7 cm³/mol. The lowest BCUT2D eigenvalue weighted by Crippen LogP contribution is -2.28. The van der Waals surface area contributed by atoms with Crippen LogP contribution in [-0.2, 0) is 11.3 Å². The molecule has 6 heteroatoms. The quantitative estimate of drug-likeness (QED) is 0.751. The fraction of sp³-hybridized carbons (Fsp3) is 0.222. The van der Waals surface area contributed by atoms with Crippen LogP contribution in [-0.4, -0.2) is 23.5 Å². The maximum absolute atomic E-state index is 12.1. The molecule has 2 aromatic carbocycles. The molecule has 0 bridgehead atoms. The van der Waals surface area contributed by atoms with E-state index in [4.69, 9.17) is 11.6 Å². The number of benzene rings is 2. The highest BCUT2D eigenvalue weighted by Gasteiger charge is 2.11. The summed E-state index contributed by atoms with van der Waals surface area (Å²) >= 11 is 5.80. The van der Waals surface area contributed by atoms with Gasteiger partial charge in [0.15, 0.2) is 0 Å². The van der Waals surface area contributed by atoms with Gasteiger partial charge in [0.05, 0.1) is 6.10 Å². The minimum atomic E-state index is -0.801. The molecule has 0 saturated carbocycles. The van der Waals surface area contributed by atoms with Crippen molar-refractivity contribution in [3.8, 4) is 0 Å². The zero-order chi connectivity index (χ0) is 17.5. The van der Waals surface area contributed by atoms with E-state index in [9.17, 15) is 14.7 Å². The maximum atomic E-state index is 12.1. The minimum absolute atomic E-state index is 0.104. The molecule has 0 aromatic heterocycles. The van der Waals surface area contributed by atoms with E-state index in [2.05, 4.69) is 10.6 Å². The molecule has 2 aromatic rings. The van der Waals surface area contributed by atoms with Crippen LogP contribution in [0.15, 0.2) is 48.5 Å². The SMILES string of the molecule is CC(=O)NCc1ccc(C(=O)NCC(O)c2ccc(Cl)cc2)cc1. The first-order valence-corrected chi connectivity index (χ1v) is 7.88. The van der Waals surface area contributed by atoms with Crippen LogP contribution >= 0.6 is 11.6 Å². The molecule has 24 heavy (non-hydrogen) atoms. The zero-order valence-electron chi connectivity index (χ0n) is 13.3. The Morgan fingerprint density at radius 2 is 1.67 bits per heavy atom. The third kappa shape index (κ3) is 5.37. The number of aliphatic hydroxyl groups excluding tert-OH is 1. The first kappa shape index (κ1) is 18.0. The van der Waals surface area contributed by atoms with Crippen LogP contribution in [0.1, 0.15) is 34.5 Å². The summed E-state index contributed by atoms with van der Waals surface area (Å²) in [6.07, 6.45) is -0.801. The summed E-state index contributed by atoms with van der Waals surface area (Å²) in [5, 5.41) is 16.0. The predicted octanol–water partition coefficient (Wildman–Crippen LogP) is 2.44. The molecule has 5 nitrogen and oxygen atoms in total. The molecule has 0 radical (unpaired) electrons. The number of carbonyl (C=O) groups is 2. The van der Waals surface area contributed by atoms with Gasteiger partial charge >= 0.3 is 0 Å². The minimum Gasteiger partial charge on any atom is -0.387 e. The number of nitrogens with one attached hydrogen (secondary N) is 2.